The van der Waals surface area contributed by atoms with Crippen molar-refractivity contribution >= 4 is 40.6 Å². The van der Waals surface area contributed by atoms with E-state index in [1.807, 2.05) is 0 Å². The van der Waals surface area contributed by atoms with Crippen molar-refractivity contribution in [2.45, 2.75) is 6.92 Å². The summed E-state index contributed by atoms with van der Waals surface area (Å²) in [5.74, 6) is -1.39. The molecule has 3 rings (SSSR count). The van der Waals surface area contributed by atoms with Crippen LogP contribution in [0.2, 0.25) is 0 Å². The number of carbonyl (C=O) groups is 3. The second-order valence-electron chi connectivity index (χ2n) is 5.62. The maximum Gasteiger partial charge on any atom is 0.323 e. The third-order valence-corrected chi connectivity index (χ3v) is 4.66. The van der Waals surface area contributed by atoms with Crippen LogP contribution in [0, 0.1) is 17.0 Å². The Bertz CT molecular complexity index is 1010. The van der Waals surface area contributed by atoms with Crippen LogP contribution >= 0.6 is 11.8 Å². The van der Waals surface area contributed by atoms with Gasteiger partial charge < -0.3 is 9.52 Å². The van der Waals surface area contributed by atoms with Gasteiger partial charge in [-0.05, 0) is 30.8 Å². The second kappa shape index (κ2) is 7.08. The molecule has 1 aromatic carbocycles. The zero-order chi connectivity index (χ0) is 19.7. The summed E-state index contributed by atoms with van der Waals surface area (Å²) in [5, 5.41) is 19.1. The highest BCUT2D eigenvalue weighted by Crippen LogP contribution is 2.34. The fourth-order valence-corrected chi connectivity index (χ4v) is 3.26. The lowest BCUT2D eigenvalue weighted by atomic mass is 10.1. The number of furan rings is 1. The van der Waals surface area contributed by atoms with E-state index >= 15 is 0 Å². The number of nitrogens with zero attached hydrogens (tertiary/aromatic N) is 2. The van der Waals surface area contributed by atoms with Gasteiger partial charge >= 0.3 is 5.97 Å². The number of carboxylic acids is 1. The number of thioether (sulfide) groups is 1. The minimum atomic E-state index is -1.29. The fraction of sp³-hybridized carbons (Fsp3) is 0.118. The van der Waals surface area contributed by atoms with E-state index in [4.69, 9.17) is 9.52 Å². The molecule has 10 heteroatoms. The average Bonchev–Trinajstić information content (AvgIpc) is 3.15. The number of imide groups is 1. The van der Waals surface area contributed by atoms with Crippen molar-refractivity contribution in [2.75, 3.05) is 6.54 Å². The standard InChI is InChI=1S/C17H12N2O7S/c1-9-2-3-10(6-12(9)19(24)25)13-5-4-11(26-13)7-14-16(22)18(8-15(20)21)17(23)27-14/h2-7H,8H2,1H3,(H,20,21)/b14-7+. The molecule has 9 nitrogen and oxygen atoms in total. The number of nitro groups is 1. The van der Waals surface area contributed by atoms with Crippen LogP contribution in [0.15, 0.2) is 39.7 Å². The van der Waals surface area contributed by atoms with E-state index in [-0.39, 0.29) is 16.4 Å². The minimum absolute atomic E-state index is 0.0389. The highest BCUT2D eigenvalue weighted by Gasteiger charge is 2.36. The molecule has 2 aromatic rings. The van der Waals surface area contributed by atoms with Crippen molar-refractivity contribution in [3.8, 4) is 11.3 Å². The largest absolute Gasteiger partial charge is 0.480 e. The lowest BCUT2D eigenvalue weighted by molar-refractivity contribution is -0.385. The summed E-state index contributed by atoms with van der Waals surface area (Å²) in [6.45, 7) is 0.918. The predicted molar refractivity (Wildman–Crippen MR) is 95.8 cm³/mol. The van der Waals surface area contributed by atoms with E-state index in [0.717, 1.165) is 0 Å². The average molecular weight is 388 g/mol. The lowest BCUT2D eigenvalue weighted by Crippen LogP contribution is -2.33. The van der Waals surface area contributed by atoms with Crippen LogP contribution < -0.4 is 0 Å². The van der Waals surface area contributed by atoms with E-state index in [2.05, 4.69) is 0 Å². The first-order valence-corrected chi connectivity index (χ1v) is 8.40. The van der Waals surface area contributed by atoms with Gasteiger partial charge in [0.05, 0.1) is 9.83 Å². The smallest absolute Gasteiger partial charge is 0.323 e. The molecule has 0 saturated carbocycles. The molecule has 0 spiro atoms. The molecule has 1 aliphatic rings. The van der Waals surface area contributed by atoms with Crippen molar-refractivity contribution in [3.05, 3.63) is 56.7 Å². The molecule has 0 atom stereocenters. The lowest BCUT2D eigenvalue weighted by Gasteiger charge is -2.07. The summed E-state index contributed by atoms with van der Waals surface area (Å²) >= 11 is 0.618. The number of amides is 2. The molecular weight excluding hydrogens is 376 g/mol. The maximum absolute atomic E-state index is 12.1. The Balaban J connectivity index is 1.87. The summed E-state index contributed by atoms with van der Waals surface area (Å²) in [5.41, 5.74) is 0.966. The quantitative estimate of drug-likeness (QED) is 0.469. The fourth-order valence-electron chi connectivity index (χ4n) is 2.45. The van der Waals surface area contributed by atoms with Crippen molar-refractivity contribution in [1.82, 2.24) is 4.90 Å². The molecule has 0 unspecified atom stereocenters. The number of aryl methyl sites for hydroxylation is 1. The summed E-state index contributed by atoms with van der Waals surface area (Å²) in [6.07, 6.45) is 1.33. The van der Waals surface area contributed by atoms with Gasteiger partial charge in [-0.2, -0.15) is 0 Å². The summed E-state index contributed by atoms with van der Waals surface area (Å²) < 4.78 is 5.60. The number of benzene rings is 1. The predicted octanol–water partition coefficient (Wildman–Crippen LogP) is 3.28. The summed E-state index contributed by atoms with van der Waals surface area (Å²) in [6, 6.07) is 7.80. The molecule has 1 fully saturated rings. The van der Waals surface area contributed by atoms with Crippen molar-refractivity contribution in [3.63, 3.8) is 0 Å². The van der Waals surface area contributed by atoms with E-state index < -0.39 is 28.6 Å². The van der Waals surface area contributed by atoms with Gasteiger partial charge in [0.1, 0.15) is 18.1 Å². The van der Waals surface area contributed by atoms with Gasteiger partial charge in [-0.1, -0.05) is 12.1 Å². The SMILES string of the molecule is Cc1ccc(-c2ccc(/C=C3/SC(=O)N(CC(=O)O)C3=O)o2)cc1[N+](=O)[O-]. The molecule has 1 N–H and O–H groups in total. The van der Waals surface area contributed by atoms with Gasteiger partial charge in [-0.25, -0.2) is 0 Å². The molecule has 0 aliphatic carbocycles. The second-order valence-corrected chi connectivity index (χ2v) is 6.62. The van der Waals surface area contributed by atoms with E-state index in [0.29, 0.717) is 33.5 Å². The minimum Gasteiger partial charge on any atom is -0.480 e. The highest BCUT2D eigenvalue weighted by molar-refractivity contribution is 8.18. The van der Waals surface area contributed by atoms with Crippen LogP contribution in [0.25, 0.3) is 17.4 Å². The number of aliphatic carboxylic acids is 1. The van der Waals surface area contributed by atoms with E-state index in [1.165, 1.54) is 12.1 Å². The first-order chi connectivity index (χ1) is 12.8. The van der Waals surface area contributed by atoms with E-state index in [9.17, 15) is 24.5 Å². The molecule has 1 saturated heterocycles. The van der Waals surface area contributed by atoms with Crippen molar-refractivity contribution in [1.29, 1.82) is 0 Å². The van der Waals surface area contributed by atoms with Gasteiger partial charge in [0.2, 0.25) is 0 Å². The maximum atomic E-state index is 12.1. The van der Waals surface area contributed by atoms with Gasteiger partial charge in [0.15, 0.2) is 0 Å². The Hall–Kier alpha value is -3.40. The number of nitro benzene ring substituents is 1. The number of rotatable bonds is 5. The Labute approximate surface area is 156 Å². The number of carboxylic acid groups (broad SMARTS) is 1. The molecule has 27 heavy (non-hydrogen) atoms. The molecule has 0 radical (unpaired) electrons. The van der Waals surface area contributed by atoms with Crippen molar-refractivity contribution in [2.24, 2.45) is 0 Å². The molecule has 2 heterocycles. The zero-order valence-corrected chi connectivity index (χ0v) is 14.7. The molecular formula is C17H12N2O7S. The normalized spacial score (nSPS) is 15.6. The Morgan fingerprint density at radius 3 is 2.74 bits per heavy atom. The van der Waals surface area contributed by atoms with Crippen LogP contribution in [0.5, 0.6) is 0 Å². The third-order valence-electron chi connectivity index (χ3n) is 3.76. The Kier molecular flexibility index (Phi) is 4.82. The number of carbonyl (C=O) groups excluding carboxylic acids is 2. The summed E-state index contributed by atoms with van der Waals surface area (Å²) in [4.78, 5) is 45.9. The first kappa shape index (κ1) is 18.4. The van der Waals surface area contributed by atoms with Crippen LogP contribution in [0.1, 0.15) is 11.3 Å². The van der Waals surface area contributed by atoms with Crippen LogP contribution in [0.4, 0.5) is 10.5 Å². The highest BCUT2D eigenvalue weighted by atomic mass is 32.2. The van der Waals surface area contributed by atoms with Gasteiger partial charge in [-0.15, -0.1) is 0 Å². The Morgan fingerprint density at radius 1 is 1.33 bits per heavy atom. The Morgan fingerprint density at radius 2 is 2.07 bits per heavy atom. The third kappa shape index (κ3) is 3.75. The van der Waals surface area contributed by atoms with E-state index in [1.54, 1.807) is 31.2 Å². The number of hydrogen-bond donors (Lipinski definition) is 1. The molecule has 1 aromatic heterocycles. The van der Waals surface area contributed by atoms with Gasteiger partial charge in [-0.3, -0.25) is 29.4 Å². The first-order valence-electron chi connectivity index (χ1n) is 7.58. The monoisotopic (exact) mass is 388 g/mol. The van der Waals surface area contributed by atoms with Crippen LogP contribution in [-0.2, 0) is 9.59 Å². The summed E-state index contributed by atoms with van der Waals surface area (Å²) in [7, 11) is 0. The topological polar surface area (TPSA) is 131 Å². The van der Waals surface area contributed by atoms with Gasteiger partial charge in [0, 0.05) is 23.3 Å². The van der Waals surface area contributed by atoms with Crippen LogP contribution in [0.3, 0.4) is 0 Å². The molecule has 2 amide bonds. The molecule has 138 valence electrons. The van der Waals surface area contributed by atoms with Crippen LogP contribution in [-0.4, -0.2) is 38.6 Å². The van der Waals surface area contributed by atoms with Gasteiger partial charge in [0.25, 0.3) is 16.8 Å². The number of hydrogen-bond acceptors (Lipinski definition) is 7. The molecule has 0 bridgehead atoms. The molecule has 1 aliphatic heterocycles. The zero-order valence-electron chi connectivity index (χ0n) is 13.9. The van der Waals surface area contributed by atoms with Crippen molar-refractivity contribution < 1.29 is 28.8 Å².